The Morgan fingerprint density at radius 1 is 1.12 bits per heavy atom. The smallest absolute Gasteiger partial charge is 0.251 e. The van der Waals surface area contributed by atoms with Crippen molar-refractivity contribution in [2.75, 3.05) is 35.8 Å². The van der Waals surface area contributed by atoms with Gasteiger partial charge in [0.1, 0.15) is 12.0 Å². The van der Waals surface area contributed by atoms with E-state index in [2.05, 4.69) is 34.4 Å². The van der Waals surface area contributed by atoms with Crippen molar-refractivity contribution < 1.29 is 19.4 Å². The van der Waals surface area contributed by atoms with Gasteiger partial charge in [-0.15, -0.1) is 0 Å². The second kappa shape index (κ2) is 12.2. The van der Waals surface area contributed by atoms with E-state index in [1.165, 1.54) is 12.8 Å². The molecular weight excluding hydrogens is 520 g/mol. The molecule has 5 rings (SSSR count). The molecule has 1 aliphatic heterocycles. The Kier molecular flexibility index (Phi) is 8.68. The van der Waals surface area contributed by atoms with Crippen LogP contribution >= 0.6 is 0 Å². The first-order valence-electron chi connectivity index (χ1n) is 15.0. The van der Waals surface area contributed by atoms with E-state index in [-0.39, 0.29) is 29.5 Å². The monoisotopic (exact) mass is 564 g/mol. The quantitative estimate of drug-likeness (QED) is 0.331. The summed E-state index contributed by atoms with van der Waals surface area (Å²) in [6.45, 7) is 5.01. The number of carbonyl (C=O) groups excluding carboxylic acids is 2. The highest BCUT2D eigenvalue weighted by Gasteiger charge is 2.42. The number of ether oxygens (including phenoxy) is 1. The highest BCUT2D eigenvalue weighted by molar-refractivity contribution is 5.95. The van der Waals surface area contributed by atoms with Crippen LogP contribution in [0.1, 0.15) is 82.0 Å². The van der Waals surface area contributed by atoms with Crippen LogP contribution in [0.4, 0.5) is 23.1 Å². The molecule has 3 aliphatic rings. The lowest BCUT2D eigenvalue weighted by Crippen LogP contribution is -2.49. The number of likely N-dealkylation sites (N-methyl/N-ethyl adjacent to an activating group) is 1. The maximum absolute atomic E-state index is 13.0. The summed E-state index contributed by atoms with van der Waals surface area (Å²) in [6.07, 6.45) is 11.2. The lowest BCUT2D eigenvalue weighted by Gasteiger charge is -2.38. The van der Waals surface area contributed by atoms with E-state index in [0.29, 0.717) is 35.4 Å². The predicted molar refractivity (Wildman–Crippen MR) is 160 cm³/mol. The minimum absolute atomic E-state index is 0.0566. The maximum atomic E-state index is 13.0. The predicted octanol–water partition coefficient (Wildman–Crippen LogP) is 4.44. The maximum Gasteiger partial charge on any atom is 0.251 e. The number of rotatable bonds is 7. The number of anilines is 4. The molecule has 0 bridgehead atoms. The number of nitrogens with zero attached hydrogens (tertiary/aromatic N) is 4. The van der Waals surface area contributed by atoms with Crippen LogP contribution in [0.5, 0.6) is 5.75 Å². The van der Waals surface area contributed by atoms with Gasteiger partial charge in [0.25, 0.3) is 5.91 Å². The molecule has 10 nitrogen and oxygen atoms in total. The number of carbonyl (C=O) groups is 2. The highest BCUT2D eigenvalue weighted by Crippen LogP contribution is 2.42. The number of aliphatic hydroxyl groups excluding tert-OH is 1. The average molecular weight is 565 g/mol. The van der Waals surface area contributed by atoms with Crippen LogP contribution in [0.3, 0.4) is 0 Å². The second-order valence-electron chi connectivity index (χ2n) is 12.5. The van der Waals surface area contributed by atoms with E-state index in [1.54, 1.807) is 25.4 Å². The van der Waals surface area contributed by atoms with Crippen molar-refractivity contribution in [3.8, 4) is 5.75 Å². The molecule has 2 unspecified atom stereocenters. The fourth-order valence-corrected chi connectivity index (χ4v) is 6.71. The van der Waals surface area contributed by atoms with E-state index in [9.17, 15) is 14.7 Å². The number of aldehydes is 1. The van der Waals surface area contributed by atoms with Gasteiger partial charge in [0.2, 0.25) is 5.95 Å². The van der Waals surface area contributed by atoms with Crippen LogP contribution in [0.25, 0.3) is 0 Å². The Labute approximate surface area is 242 Å². The Hall–Kier alpha value is -3.40. The summed E-state index contributed by atoms with van der Waals surface area (Å²) in [5.41, 5.74) is 1.73. The van der Waals surface area contributed by atoms with Gasteiger partial charge in [0.05, 0.1) is 36.8 Å². The van der Waals surface area contributed by atoms with Crippen molar-refractivity contribution in [3.05, 3.63) is 30.0 Å². The summed E-state index contributed by atoms with van der Waals surface area (Å²) in [5.74, 6) is 1.62. The first-order valence-corrected chi connectivity index (χ1v) is 15.0. The summed E-state index contributed by atoms with van der Waals surface area (Å²) in [5, 5.41) is 16.3. The molecule has 1 amide bonds. The number of nitrogens with one attached hydrogen (secondary N) is 2. The van der Waals surface area contributed by atoms with Gasteiger partial charge in [0.15, 0.2) is 5.82 Å². The van der Waals surface area contributed by atoms with Crippen molar-refractivity contribution in [1.29, 1.82) is 0 Å². The second-order valence-corrected chi connectivity index (χ2v) is 12.5. The lowest BCUT2D eigenvalue weighted by atomic mass is 9.83. The summed E-state index contributed by atoms with van der Waals surface area (Å²) >= 11 is 0. The van der Waals surface area contributed by atoms with Gasteiger partial charge in [-0.3, -0.25) is 4.79 Å². The number of aliphatic hydroxyl groups is 1. The summed E-state index contributed by atoms with van der Waals surface area (Å²) in [7, 11) is 3.52. The average Bonchev–Trinajstić information content (AvgIpc) is 3.39. The lowest BCUT2D eigenvalue weighted by molar-refractivity contribution is -0.110. The minimum atomic E-state index is -0.295. The number of aromatic nitrogens is 2. The molecule has 0 saturated heterocycles. The minimum Gasteiger partial charge on any atom is -0.495 e. The van der Waals surface area contributed by atoms with Crippen LogP contribution in [-0.4, -0.2) is 72.2 Å². The van der Waals surface area contributed by atoms with Crippen LogP contribution in [0.2, 0.25) is 0 Å². The Morgan fingerprint density at radius 3 is 2.63 bits per heavy atom. The Balaban J connectivity index is 1.39. The molecule has 2 heterocycles. The third kappa shape index (κ3) is 6.27. The number of hydrogen-bond acceptors (Lipinski definition) is 9. The molecule has 2 aromatic rings. The number of hydrogen-bond donors (Lipinski definition) is 3. The fraction of sp³-hybridized carbons (Fsp3) is 0.613. The fourth-order valence-electron chi connectivity index (χ4n) is 6.71. The van der Waals surface area contributed by atoms with Crippen LogP contribution in [0.15, 0.2) is 24.4 Å². The third-order valence-electron chi connectivity index (χ3n) is 9.08. The molecule has 2 saturated carbocycles. The first kappa shape index (κ1) is 29.1. The van der Waals surface area contributed by atoms with Crippen molar-refractivity contribution in [1.82, 2.24) is 15.3 Å². The number of benzene rings is 1. The normalized spacial score (nSPS) is 24.7. The van der Waals surface area contributed by atoms with Gasteiger partial charge in [-0.05, 0) is 63.1 Å². The van der Waals surface area contributed by atoms with Crippen molar-refractivity contribution in [2.45, 2.75) is 95.9 Å². The van der Waals surface area contributed by atoms with Gasteiger partial charge < -0.3 is 35.1 Å². The van der Waals surface area contributed by atoms with Gasteiger partial charge in [-0.1, -0.05) is 26.7 Å². The van der Waals surface area contributed by atoms with E-state index in [0.717, 1.165) is 62.9 Å². The van der Waals surface area contributed by atoms with E-state index in [4.69, 9.17) is 9.72 Å². The molecule has 2 fully saturated rings. The Morgan fingerprint density at radius 2 is 1.90 bits per heavy atom. The van der Waals surface area contributed by atoms with Crippen molar-refractivity contribution in [3.63, 3.8) is 0 Å². The molecule has 41 heavy (non-hydrogen) atoms. The van der Waals surface area contributed by atoms with Crippen LogP contribution < -0.4 is 25.2 Å². The topological polar surface area (TPSA) is 120 Å². The zero-order chi connectivity index (χ0) is 29.1. The van der Waals surface area contributed by atoms with Gasteiger partial charge in [0, 0.05) is 36.7 Å². The molecule has 10 heteroatoms. The molecular formula is C31H44N6O4. The number of methoxy groups -OCH3 is 1. The van der Waals surface area contributed by atoms with Crippen LogP contribution in [0, 0.1) is 5.41 Å². The van der Waals surface area contributed by atoms with Crippen molar-refractivity contribution in [2.24, 2.45) is 5.41 Å². The van der Waals surface area contributed by atoms with Gasteiger partial charge >= 0.3 is 0 Å². The van der Waals surface area contributed by atoms with Gasteiger partial charge in [-0.2, -0.15) is 4.98 Å². The zero-order valence-corrected chi connectivity index (χ0v) is 24.7. The molecule has 0 radical (unpaired) electrons. The summed E-state index contributed by atoms with van der Waals surface area (Å²) < 4.78 is 5.65. The molecule has 0 spiro atoms. The van der Waals surface area contributed by atoms with E-state index >= 15 is 0 Å². The largest absolute Gasteiger partial charge is 0.495 e. The molecule has 1 aromatic heterocycles. The molecule has 3 atom stereocenters. The van der Waals surface area contributed by atoms with Crippen LogP contribution in [-0.2, 0) is 4.79 Å². The Bertz CT molecular complexity index is 1250. The van der Waals surface area contributed by atoms with Gasteiger partial charge in [-0.25, -0.2) is 4.98 Å². The van der Waals surface area contributed by atoms with Crippen molar-refractivity contribution >= 4 is 35.3 Å². The van der Waals surface area contributed by atoms with E-state index in [1.807, 2.05) is 18.0 Å². The highest BCUT2D eigenvalue weighted by atomic mass is 16.5. The third-order valence-corrected chi connectivity index (χ3v) is 9.08. The number of fused-ring (bicyclic) bond motifs is 1. The summed E-state index contributed by atoms with van der Waals surface area (Å²) in [6, 6.07) is 5.44. The molecule has 1 aromatic carbocycles. The SMILES string of the molecule is COc1cc(C(=O)N[C@@H]2CCCC(O)CC2)ccc1Nc1ncc2c(n1)N(C1CCCC1)CC(C)(C)C(C=O)N2C. The molecule has 2 aliphatic carbocycles. The standard InChI is InChI=1S/C31H44N6O4/c1-31(2)19-37(22-9-5-6-10-22)28-25(36(3)27(31)18-38)17-32-30(35-28)34-24-15-12-20(16-26(24)41-4)29(40)33-21-8-7-11-23(39)14-13-21/h12,15-18,21-23,27,39H,5-11,13-14,19H2,1-4H3,(H,33,40)(H,32,34,35)/t21-,23?,27?/m1/s1. The first-order chi connectivity index (χ1) is 19.7. The summed E-state index contributed by atoms with van der Waals surface area (Å²) in [4.78, 5) is 39.2. The molecule has 222 valence electrons. The number of amides is 1. The van der Waals surface area contributed by atoms with E-state index < -0.39 is 0 Å². The zero-order valence-electron chi connectivity index (χ0n) is 24.7. The molecule has 3 N–H and O–H groups in total.